The third-order valence-electron chi connectivity index (χ3n) is 3.52. The van der Waals surface area contributed by atoms with Crippen molar-refractivity contribution in [2.75, 3.05) is 18.5 Å². The molecule has 2 rings (SSSR count). The molecule has 0 radical (unpaired) electrons. The topological polar surface area (TPSA) is 64.4 Å². The van der Waals surface area contributed by atoms with E-state index in [1.54, 1.807) is 6.07 Å². The molecule has 1 aliphatic rings. The van der Waals surface area contributed by atoms with E-state index in [0.29, 0.717) is 12.0 Å². The van der Waals surface area contributed by atoms with Gasteiger partial charge in [-0.2, -0.15) is 0 Å². The van der Waals surface area contributed by atoms with Gasteiger partial charge in [-0.15, -0.1) is 0 Å². The van der Waals surface area contributed by atoms with Gasteiger partial charge in [-0.05, 0) is 47.7 Å². The molecule has 1 aliphatic heterocycles. The Bertz CT molecular complexity index is 461. The lowest BCUT2D eigenvalue weighted by molar-refractivity contribution is -0.384. The zero-order chi connectivity index (χ0) is 13.8. The van der Waals surface area contributed by atoms with E-state index in [-0.39, 0.29) is 5.69 Å². The summed E-state index contributed by atoms with van der Waals surface area (Å²) in [6.07, 6.45) is 2.11. The highest BCUT2D eigenvalue weighted by atomic mass is 79.9. The van der Waals surface area contributed by atoms with Gasteiger partial charge >= 0.3 is 0 Å². The van der Waals surface area contributed by atoms with Crippen molar-refractivity contribution in [3.05, 3.63) is 32.8 Å². The van der Waals surface area contributed by atoms with Gasteiger partial charge < -0.3 is 10.1 Å². The maximum absolute atomic E-state index is 10.7. The van der Waals surface area contributed by atoms with Crippen LogP contribution in [0, 0.1) is 16.0 Å². The number of hydrogen-bond donors (Lipinski definition) is 1. The summed E-state index contributed by atoms with van der Waals surface area (Å²) in [6, 6.07) is 5.11. The van der Waals surface area contributed by atoms with Crippen molar-refractivity contribution in [3.63, 3.8) is 0 Å². The second-order valence-electron chi connectivity index (χ2n) is 4.80. The fourth-order valence-corrected chi connectivity index (χ4v) is 2.79. The SMILES string of the molecule is CC(Nc1ccc([N+](=O)[O-])cc1Br)C1CCOCC1. The Labute approximate surface area is 120 Å². The van der Waals surface area contributed by atoms with E-state index in [4.69, 9.17) is 4.74 Å². The predicted octanol–water partition coefficient (Wildman–Crippen LogP) is 3.58. The van der Waals surface area contributed by atoms with Crippen LogP contribution in [0.5, 0.6) is 0 Å². The van der Waals surface area contributed by atoms with Gasteiger partial charge in [-0.25, -0.2) is 0 Å². The Kier molecular flexibility index (Phi) is 4.76. The van der Waals surface area contributed by atoms with Crippen LogP contribution < -0.4 is 5.32 Å². The summed E-state index contributed by atoms with van der Waals surface area (Å²) in [6.45, 7) is 3.78. The minimum atomic E-state index is -0.392. The van der Waals surface area contributed by atoms with Gasteiger partial charge in [-0.3, -0.25) is 10.1 Å². The van der Waals surface area contributed by atoms with Gasteiger partial charge in [0.05, 0.1) is 4.92 Å². The fourth-order valence-electron chi connectivity index (χ4n) is 2.31. The molecule has 1 aromatic rings. The Hall–Kier alpha value is -1.14. The molecular weight excluding hydrogens is 312 g/mol. The van der Waals surface area contributed by atoms with Crippen molar-refractivity contribution < 1.29 is 9.66 Å². The molecule has 0 saturated carbocycles. The number of anilines is 1. The Balaban J connectivity index is 2.03. The zero-order valence-electron chi connectivity index (χ0n) is 10.8. The molecule has 6 heteroatoms. The molecule has 1 saturated heterocycles. The summed E-state index contributed by atoms with van der Waals surface area (Å²) in [4.78, 5) is 10.3. The lowest BCUT2D eigenvalue weighted by Gasteiger charge is -2.29. The summed E-state index contributed by atoms with van der Waals surface area (Å²) in [5.74, 6) is 0.579. The van der Waals surface area contributed by atoms with Crippen molar-refractivity contribution in [1.29, 1.82) is 0 Å². The van der Waals surface area contributed by atoms with Gasteiger partial charge in [0.15, 0.2) is 0 Å². The first-order valence-corrected chi connectivity index (χ1v) is 7.15. The second kappa shape index (κ2) is 6.34. The number of ether oxygens (including phenoxy) is 1. The third kappa shape index (κ3) is 3.67. The van der Waals surface area contributed by atoms with Crippen molar-refractivity contribution in [2.45, 2.75) is 25.8 Å². The molecule has 0 amide bonds. The normalized spacial score (nSPS) is 18.0. The van der Waals surface area contributed by atoms with E-state index < -0.39 is 4.92 Å². The van der Waals surface area contributed by atoms with E-state index in [1.165, 1.54) is 12.1 Å². The molecule has 104 valence electrons. The smallest absolute Gasteiger partial charge is 0.270 e. The average Bonchev–Trinajstić information content (AvgIpc) is 2.41. The van der Waals surface area contributed by atoms with Gasteiger partial charge in [-0.1, -0.05) is 0 Å². The minimum Gasteiger partial charge on any atom is -0.381 e. The van der Waals surface area contributed by atoms with Crippen molar-refractivity contribution in [2.24, 2.45) is 5.92 Å². The highest BCUT2D eigenvalue weighted by Crippen LogP contribution is 2.29. The number of halogens is 1. The van der Waals surface area contributed by atoms with E-state index in [2.05, 4.69) is 28.2 Å². The van der Waals surface area contributed by atoms with Crippen LogP contribution in [0.1, 0.15) is 19.8 Å². The molecule has 1 atom stereocenters. The van der Waals surface area contributed by atoms with Crippen LogP contribution in [0.3, 0.4) is 0 Å². The highest BCUT2D eigenvalue weighted by molar-refractivity contribution is 9.10. The van der Waals surface area contributed by atoms with Gasteiger partial charge in [0, 0.05) is 41.5 Å². The number of rotatable bonds is 4. The molecule has 0 aromatic heterocycles. The molecule has 1 heterocycles. The largest absolute Gasteiger partial charge is 0.381 e. The van der Waals surface area contributed by atoms with Crippen molar-refractivity contribution in [1.82, 2.24) is 0 Å². The van der Waals surface area contributed by atoms with Crippen LogP contribution in [0.15, 0.2) is 22.7 Å². The highest BCUT2D eigenvalue weighted by Gasteiger charge is 2.21. The molecule has 0 spiro atoms. The number of nitro benzene ring substituents is 1. The van der Waals surface area contributed by atoms with Crippen LogP contribution in [-0.4, -0.2) is 24.2 Å². The number of hydrogen-bond acceptors (Lipinski definition) is 4. The predicted molar refractivity (Wildman–Crippen MR) is 77.4 cm³/mol. The van der Waals surface area contributed by atoms with E-state index >= 15 is 0 Å². The standard InChI is InChI=1S/C13H17BrN2O3/c1-9(10-4-6-19-7-5-10)15-13-3-2-11(16(17)18)8-12(13)14/h2-3,8-10,15H,4-7H2,1H3. The van der Waals surface area contributed by atoms with E-state index in [9.17, 15) is 10.1 Å². The first kappa shape index (κ1) is 14.3. The molecule has 0 bridgehead atoms. The number of nitrogens with zero attached hydrogens (tertiary/aromatic N) is 1. The number of nitrogens with one attached hydrogen (secondary N) is 1. The van der Waals surface area contributed by atoms with Crippen molar-refractivity contribution >= 4 is 27.3 Å². The molecular formula is C13H17BrN2O3. The summed E-state index contributed by atoms with van der Waals surface area (Å²) in [5.41, 5.74) is 0.987. The summed E-state index contributed by atoms with van der Waals surface area (Å²) >= 11 is 3.38. The maximum atomic E-state index is 10.7. The molecule has 1 N–H and O–H groups in total. The van der Waals surface area contributed by atoms with Crippen LogP contribution in [0.2, 0.25) is 0 Å². The Morgan fingerprint density at radius 1 is 1.47 bits per heavy atom. The number of nitro groups is 1. The average molecular weight is 329 g/mol. The van der Waals surface area contributed by atoms with Crippen LogP contribution >= 0.6 is 15.9 Å². The first-order chi connectivity index (χ1) is 9.08. The molecule has 5 nitrogen and oxygen atoms in total. The molecule has 1 aromatic carbocycles. The minimum absolute atomic E-state index is 0.0937. The zero-order valence-corrected chi connectivity index (χ0v) is 12.4. The van der Waals surface area contributed by atoms with Crippen LogP contribution in [-0.2, 0) is 4.74 Å². The summed E-state index contributed by atoms with van der Waals surface area (Å²) < 4.78 is 6.08. The van der Waals surface area contributed by atoms with Gasteiger partial charge in [0.1, 0.15) is 0 Å². The maximum Gasteiger partial charge on any atom is 0.270 e. The van der Waals surface area contributed by atoms with Crippen LogP contribution in [0.25, 0.3) is 0 Å². The Morgan fingerprint density at radius 2 is 2.16 bits per heavy atom. The lowest BCUT2D eigenvalue weighted by Crippen LogP contribution is -2.31. The van der Waals surface area contributed by atoms with E-state index in [0.717, 1.165) is 36.2 Å². The number of non-ortho nitro benzene ring substituents is 1. The molecule has 19 heavy (non-hydrogen) atoms. The number of benzene rings is 1. The molecule has 1 fully saturated rings. The second-order valence-corrected chi connectivity index (χ2v) is 5.66. The molecule has 0 aliphatic carbocycles. The first-order valence-electron chi connectivity index (χ1n) is 6.36. The van der Waals surface area contributed by atoms with Crippen molar-refractivity contribution in [3.8, 4) is 0 Å². The summed E-state index contributed by atoms with van der Waals surface area (Å²) in [7, 11) is 0. The third-order valence-corrected chi connectivity index (χ3v) is 4.18. The monoisotopic (exact) mass is 328 g/mol. The van der Waals surface area contributed by atoms with Gasteiger partial charge in [0.25, 0.3) is 5.69 Å². The quantitative estimate of drug-likeness (QED) is 0.677. The van der Waals surface area contributed by atoms with Gasteiger partial charge in [0.2, 0.25) is 0 Å². The molecule has 1 unspecified atom stereocenters. The summed E-state index contributed by atoms with van der Waals surface area (Å²) in [5, 5.41) is 14.1. The lowest BCUT2D eigenvalue weighted by atomic mass is 9.93. The fraction of sp³-hybridized carbons (Fsp3) is 0.538. The van der Waals surface area contributed by atoms with E-state index in [1.807, 2.05) is 0 Å². The Morgan fingerprint density at radius 3 is 2.74 bits per heavy atom. The van der Waals surface area contributed by atoms with Crippen LogP contribution in [0.4, 0.5) is 11.4 Å².